The minimum Gasteiger partial charge on any atom is -0.459 e. The number of piperidine rings is 1. The van der Waals surface area contributed by atoms with Crippen LogP contribution in [-0.2, 0) is 9.53 Å². The van der Waals surface area contributed by atoms with E-state index in [9.17, 15) is 14.4 Å². The summed E-state index contributed by atoms with van der Waals surface area (Å²) in [4.78, 5) is 41.0. The number of benzene rings is 1. The van der Waals surface area contributed by atoms with Gasteiger partial charge in [0.25, 0.3) is 5.91 Å². The van der Waals surface area contributed by atoms with E-state index in [1.54, 1.807) is 36.2 Å². The Morgan fingerprint density at radius 3 is 2.71 bits per heavy atom. The molecular formula is C24H29FN4O5. The topological polar surface area (TPSA) is 95.3 Å². The van der Waals surface area contributed by atoms with Gasteiger partial charge < -0.3 is 24.3 Å². The molecule has 2 fully saturated rings. The molecule has 10 heteroatoms. The molecule has 3 amide bonds. The first-order valence-electron chi connectivity index (χ1n) is 11.3. The summed E-state index contributed by atoms with van der Waals surface area (Å²) in [6.45, 7) is 5.05. The third-order valence-electron chi connectivity index (χ3n) is 6.45. The number of cyclic esters (lactones) is 1. The number of halogens is 1. The van der Waals surface area contributed by atoms with Gasteiger partial charge in [-0.1, -0.05) is 6.92 Å². The molecule has 0 bridgehead atoms. The van der Waals surface area contributed by atoms with E-state index in [0.29, 0.717) is 36.6 Å². The van der Waals surface area contributed by atoms with Crippen LogP contribution in [0.5, 0.6) is 0 Å². The molecule has 0 aliphatic carbocycles. The number of furan rings is 1. The van der Waals surface area contributed by atoms with Gasteiger partial charge in [-0.15, -0.1) is 0 Å². The van der Waals surface area contributed by atoms with Crippen molar-refractivity contribution in [3.63, 3.8) is 0 Å². The third kappa shape index (κ3) is 4.85. The van der Waals surface area contributed by atoms with Crippen LogP contribution in [0.25, 0.3) is 0 Å². The van der Waals surface area contributed by atoms with Crippen LogP contribution in [0.3, 0.4) is 0 Å². The van der Waals surface area contributed by atoms with E-state index >= 15 is 4.39 Å². The van der Waals surface area contributed by atoms with Crippen molar-refractivity contribution in [3.05, 3.63) is 48.2 Å². The van der Waals surface area contributed by atoms with Gasteiger partial charge >= 0.3 is 6.09 Å². The van der Waals surface area contributed by atoms with Crippen molar-refractivity contribution in [2.24, 2.45) is 5.92 Å². The van der Waals surface area contributed by atoms with Gasteiger partial charge in [-0.25, -0.2) is 9.18 Å². The number of anilines is 2. The van der Waals surface area contributed by atoms with Crippen LogP contribution >= 0.6 is 0 Å². The molecule has 0 spiro atoms. The number of hydrogen-bond donors (Lipinski definition) is 1. The lowest BCUT2D eigenvalue weighted by molar-refractivity contribution is -0.119. The molecule has 2 aliphatic rings. The summed E-state index contributed by atoms with van der Waals surface area (Å²) >= 11 is 0. The van der Waals surface area contributed by atoms with Crippen molar-refractivity contribution < 1.29 is 27.9 Å². The fourth-order valence-electron chi connectivity index (χ4n) is 4.67. The van der Waals surface area contributed by atoms with Crippen LogP contribution in [0.2, 0.25) is 0 Å². The van der Waals surface area contributed by atoms with Crippen molar-refractivity contribution in [2.75, 3.05) is 43.0 Å². The summed E-state index contributed by atoms with van der Waals surface area (Å²) in [6, 6.07) is 8.04. The monoisotopic (exact) mass is 472 g/mol. The largest absolute Gasteiger partial charge is 0.459 e. The Bertz CT molecular complexity index is 1060. The Morgan fingerprint density at radius 2 is 2.06 bits per heavy atom. The highest BCUT2D eigenvalue weighted by Gasteiger charge is 2.35. The zero-order valence-corrected chi connectivity index (χ0v) is 19.5. The van der Waals surface area contributed by atoms with Gasteiger partial charge in [0.1, 0.15) is 11.9 Å². The van der Waals surface area contributed by atoms with E-state index < -0.39 is 18.0 Å². The van der Waals surface area contributed by atoms with E-state index in [4.69, 9.17) is 9.15 Å². The second-order valence-electron chi connectivity index (χ2n) is 8.86. The molecule has 1 aromatic heterocycles. The van der Waals surface area contributed by atoms with Gasteiger partial charge in [0, 0.05) is 33.1 Å². The average Bonchev–Trinajstić information content (AvgIpc) is 3.46. The van der Waals surface area contributed by atoms with Crippen molar-refractivity contribution in [1.29, 1.82) is 0 Å². The van der Waals surface area contributed by atoms with Gasteiger partial charge in [-0.2, -0.15) is 0 Å². The number of carbonyl (C=O) groups excluding carboxylic acids is 3. The number of nitrogens with zero attached hydrogens (tertiary/aromatic N) is 3. The van der Waals surface area contributed by atoms with E-state index in [-0.39, 0.29) is 36.9 Å². The standard InChI is InChI=1S/C24H29FN4O5/c1-15-13-28(9-8-20(15)27(3)23(31)22-5-4-10-33-22)21-7-6-17(11-19(21)25)29-14-18(34-24(29)32)12-26-16(2)30/h4-7,10-11,15,18,20H,8-9,12-14H2,1-3H3,(H,26,30)/t15?,18-,20?/m0/s1. The van der Waals surface area contributed by atoms with Gasteiger partial charge in [0.2, 0.25) is 5.91 Å². The number of rotatable bonds is 6. The SMILES string of the molecule is CC(=O)NC[C@H]1CN(c2ccc(N3CCC(N(C)C(=O)c4ccco4)C(C)C3)c(F)c2)C(=O)O1. The number of hydrogen-bond acceptors (Lipinski definition) is 6. The van der Waals surface area contributed by atoms with E-state index in [2.05, 4.69) is 5.32 Å². The van der Waals surface area contributed by atoms with Gasteiger partial charge in [-0.05, 0) is 42.7 Å². The third-order valence-corrected chi connectivity index (χ3v) is 6.45. The highest BCUT2D eigenvalue weighted by molar-refractivity contribution is 5.91. The zero-order valence-electron chi connectivity index (χ0n) is 19.5. The van der Waals surface area contributed by atoms with Crippen LogP contribution in [-0.4, -0.2) is 68.2 Å². The minimum absolute atomic E-state index is 0.0103. The number of carbonyl (C=O) groups is 3. The first-order valence-corrected chi connectivity index (χ1v) is 11.3. The molecule has 0 radical (unpaired) electrons. The first-order chi connectivity index (χ1) is 16.2. The van der Waals surface area contributed by atoms with E-state index in [0.717, 1.165) is 0 Å². The lowest BCUT2D eigenvalue weighted by Crippen LogP contribution is -2.51. The number of nitrogens with one attached hydrogen (secondary N) is 1. The van der Waals surface area contributed by atoms with Crippen molar-refractivity contribution in [1.82, 2.24) is 10.2 Å². The molecule has 182 valence electrons. The molecule has 2 saturated heterocycles. The van der Waals surface area contributed by atoms with Crippen molar-refractivity contribution in [3.8, 4) is 0 Å². The molecular weight excluding hydrogens is 443 g/mol. The molecule has 2 aliphatic heterocycles. The molecule has 2 unspecified atom stereocenters. The predicted molar refractivity (Wildman–Crippen MR) is 123 cm³/mol. The second kappa shape index (κ2) is 9.74. The van der Waals surface area contributed by atoms with Gasteiger partial charge in [-0.3, -0.25) is 14.5 Å². The summed E-state index contributed by atoms with van der Waals surface area (Å²) < 4.78 is 25.6. The van der Waals surface area contributed by atoms with Crippen LogP contribution < -0.4 is 15.1 Å². The summed E-state index contributed by atoms with van der Waals surface area (Å²) in [7, 11) is 1.77. The van der Waals surface area contributed by atoms with Crippen LogP contribution in [0, 0.1) is 11.7 Å². The molecule has 34 heavy (non-hydrogen) atoms. The molecule has 1 N–H and O–H groups in total. The fraction of sp³-hybridized carbons (Fsp3) is 0.458. The molecule has 2 aromatic rings. The molecule has 3 heterocycles. The highest BCUT2D eigenvalue weighted by Crippen LogP contribution is 2.32. The molecule has 9 nitrogen and oxygen atoms in total. The second-order valence-corrected chi connectivity index (χ2v) is 8.86. The average molecular weight is 473 g/mol. The lowest BCUT2D eigenvalue weighted by atomic mass is 9.92. The van der Waals surface area contributed by atoms with E-state index in [1.165, 1.54) is 24.2 Å². The maximum atomic E-state index is 15.1. The van der Waals surface area contributed by atoms with Crippen LogP contribution in [0.1, 0.15) is 30.8 Å². The maximum Gasteiger partial charge on any atom is 0.414 e. The molecule has 3 atom stereocenters. The number of amides is 3. The van der Waals surface area contributed by atoms with E-state index in [1.807, 2.05) is 11.8 Å². The fourth-order valence-corrected chi connectivity index (χ4v) is 4.67. The van der Waals surface area contributed by atoms with Crippen LogP contribution in [0.4, 0.5) is 20.6 Å². The highest BCUT2D eigenvalue weighted by atomic mass is 19.1. The zero-order chi connectivity index (χ0) is 24.4. The Labute approximate surface area is 197 Å². The Balaban J connectivity index is 1.40. The normalized spacial score (nSPS) is 22.5. The van der Waals surface area contributed by atoms with Crippen LogP contribution in [0.15, 0.2) is 41.0 Å². The predicted octanol–water partition coefficient (Wildman–Crippen LogP) is 2.87. The maximum absolute atomic E-state index is 15.1. The Morgan fingerprint density at radius 1 is 1.26 bits per heavy atom. The summed E-state index contributed by atoms with van der Waals surface area (Å²) in [6.07, 6.45) is 1.11. The smallest absolute Gasteiger partial charge is 0.414 e. The Hall–Kier alpha value is -3.56. The minimum atomic E-state index is -0.568. The van der Waals surface area contributed by atoms with Crippen molar-refractivity contribution >= 4 is 29.3 Å². The summed E-state index contributed by atoms with van der Waals surface area (Å²) in [5, 5.41) is 2.62. The van der Waals surface area contributed by atoms with Gasteiger partial charge in [0.05, 0.1) is 30.7 Å². The molecule has 4 rings (SSSR count). The first kappa shape index (κ1) is 23.6. The van der Waals surface area contributed by atoms with Crippen molar-refractivity contribution in [2.45, 2.75) is 32.4 Å². The molecule has 0 saturated carbocycles. The number of ether oxygens (including phenoxy) is 1. The lowest BCUT2D eigenvalue weighted by Gasteiger charge is -2.42. The quantitative estimate of drug-likeness (QED) is 0.695. The molecule has 1 aromatic carbocycles. The van der Waals surface area contributed by atoms with Gasteiger partial charge in [0.15, 0.2) is 5.76 Å². The summed E-state index contributed by atoms with van der Waals surface area (Å²) in [5.74, 6) is -0.390. The summed E-state index contributed by atoms with van der Waals surface area (Å²) in [5.41, 5.74) is 0.861. The Kier molecular flexibility index (Phi) is 6.76.